The normalized spacial score (nSPS) is 15.2. The molecule has 0 fully saturated rings. The van der Waals surface area contributed by atoms with Crippen molar-refractivity contribution in [2.75, 3.05) is 7.11 Å². The third-order valence-electron chi connectivity index (χ3n) is 5.64. The molecule has 160 valence electrons. The average molecular weight is 492 g/mol. The van der Waals surface area contributed by atoms with Gasteiger partial charge < -0.3 is 19.2 Å². The average Bonchev–Trinajstić information content (AvgIpc) is 3.07. The molecule has 0 radical (unpaired) electrons. The number of fused-ring (bicyclic) bond motifs is 2. The molecule has 1 aliphatic heterocycles. The van der Waals surface area contributed by atoms with Crippen molar-refractivity contribution >= 4 is 32.8 Å². The number of carbonyl (C=O) groups is 1. The molecule has 1 N–H and O–H groups in total. The van der Waals surface area contributed by atoms with Crippen molar-refractivity contribution in [3.05, 3.63) is 104 Å². The third kappa shape index (κ3) is 3.26. The summed E-state index contributed by atoms with van der Waals surface area (Å²) in [5, 5.41) is 10.5. The largest absolute Gasteiger partial charge is 0.504 e. The van der Waals surface area contributed by atoms with E-state index >= 15 is 0 Å². The summed E-state index contributed by atoms with van der Waals surface area (Å²) >= 11 is 3.40. The van der Waals surface area contributed by atoms with Crippen LogP contribution in [-0.4, -0.2) is 23.0 Å². The molecule has 0 unspecified atom stereocenters. The van der Waals surface area contributed by atoms with Crippen molar-refractivity contribution in [3.8, 4) is 11.5 Å². The number of hydrogen-bond donors (Lipinski definition) is 1. The van der Waals surface area contributed by atoms with Gasteiger partial charge in [-0.25, -0.2) is 0 Å². The van der Waals surface area contributed by atoms with Gasteiger partial charge in [-0.3, -0.25) is 9.59 Å². The molecule has 4 aromatic rings. The van der Waals surface area contributed by atoms with Gasteiger partial charge in [0.1, 0.15) is 5.58 Å². The second kappa shape index (κ2) is 7.84. The number of hydrogen-bond acceptors (Lipinski definition) is 5. The molecule has 7 heteroatoms. The first-order valence-corrected chi connectivity index (χ1v) is 10.8. The van der Waals surface area contributed by atoms with Crippen molar-refractivity contribution in [2.24, 2.45) is 0 Å². The fraction of sp³-hybridized carbons (Fsp3) is 0.120. The molecule has 1 aromatic heterocycles. The SMILES string of the molecule is COc1cc([C@H]2c3c(oc4ccc(Br)cc4c3=O)C(=O)N2Cc2ccccc2)ccc1O. The van der Waals surface area contributed by atoms with Gasteiger partial charge in [-0.15, -0.1) is 0 Å². The Morgan fingerprint density at radius 2 is 1.84 bits per heavy atom. The van der Waals surface area contributed by atoms with Gasteiger partial charge in [-0.1, -0.05) is 52.3 Å². The Bertz CT molecular complexity index is 1410. The minimum Gasteiger partial charge on any atom is -0.504 e. The highest BCUT2D eigenvalue weighted by atomic mass is 79.9. The molecule has 2 heterocycles. The fourth-order valence-corrected chi connectivity index (χ4v) is 4.51. The van der Waals surface area contributed by atoms with Crippen molar-refractivity contribution < 1.29 is 19.1 Å². The first kappa shape index (κ1) is 20.3. The standard InChI is InChI=1S/C25H18BrNO5/c1-31-20-11-15(7-9-18(20)28)22-21-23(29)17-12-16(26)8-10-19(17)32-24(21)25(30)27(22)13-14-5-3-2-4-6-14/h2-12,22,28H,13H2,1H3/t22-/m0/s1. The summed E-state index contributed by atoms with van der Waals surface area (Å²) in [6, 6.07) is 18.8. The number of nitrogens with zero attached hydrogens (tertiary/aromatic N) is 1. The summed E-state index contributed by atoms with van der Waals surface area (Å²) < 4.78 is 12.0. The molecular formula is C25H18BrNO5. The van der Waals surface area contributed by atoms with Gasteiger partial charge in [-0.05, 0) is 41.5 Å². The van der Waals surface area contributed by atoms with E-state index in [9.17, 15) is 14.7 Å². The van der Waals surface area contributed by atoms with E-state index in [1.54, 1.807) is 35.2 Å². The number of benzene rings is 3. The lowest BCUT2D eigenvalue weighted by atomic mass is 9.98. The Labute approximate surface area is 191 Å². The lowest BCUT2D eigenvalue weighted by Crippen LogP contribution is -2.29. The molecular weight excluding hydrogens is 474 g/mol. The number of carbonyl (C=O) groups excluding carboxylic acids is 1. The molecule has 32 heavy (non-hydrogen) atoms. The third-order valence-corrected chi connectivity index (χ3v) is 6.14. The van der Waals surface area contributed by atoms with Gasteiger partial charge in [0, 0.05) is 11.0 Å². The number of halogens is 1. The molecule has 5 rings (SSSR count). The first-order valence-electron chi connectivity index (χ1n) is 9.96. The number of phenolic OH excluding ortho intramolecular Hbond substituents is 1. The summed E-state index contributed by atoms with van der Waals surface area (Å²) in [5.74, 6) is -0.0820. The molecule has 1 atom stereocenters. The van der Waals surface area contributed by atoms with Gasteiger partial charge >= 0.3 is 0 Å². The summed E-state index contributed by atoms with van der Waals surface area (Å²) in [6.07, 6.45) is 0. The zero-order valence-electron chi connectivity index (χ0n) is 17.0. The van der Waals surface area contributed by atoms with Crippen molar-refractivity contribution in [1.82, 2.24) is 4.90 Å². The van der Waals surface area contributed by atoms with Crippen LogP contribution in [0.5, 0.6) is 11.5 Å². The molecule has 3 aromatic carbocycles. The molecule has 1 aliphatic rings. The van der Waals surface area contributed by atoms with E-state index < -0.39 is 6.04 Å². The molecule has 1 amide bonds. The quantitative estimate of drug-likeness (QED) is 0.433. The molecule has 0 saturated carbocycles. The molecule has 6 nitrogen and oxygen atoms in total. The maximum absolute atomic E-state index is 13.6. The van der Waals surface area contributed by atoms with Crippen LogP contribution in [-0.2, 0) is 6.54 Å². The number of methoxy groups -OCH3 is 1. The van der Waals surface area contributed by atoms with Crippen LogP contribution in [0.3, 0.4) is 0 Å². The highest BCUT2D eigenvalue weighted by molar-refractivity contribution is 9.10. The van der Waals surface area contributed by atoms with Crippen molar-refractivity contribution in [2.45, 2.75) is 12.6 Å². The van der Waals surface area contributed by atoms with Gasteiger partial charge in [0.25, 0.3) is 5.91 Å². The maximum Gasteiger partial charge on any atom is 0.291 e. The predicted molar refractivity (Wildman–Crippen MR) is 123 cm³/mol. The molecule has 0 saturated heterocycles. The van der Waals surface area contributed by atoms with E-state index in [-0.39, 0.29) is 40.7 Å². The van der Waals surface area contributed by atoms with E-state index in [2.05, 4.69) is 15.9 Å². The molecule has 0 aliphatic carbocycles. The lowest BCUT2D eigenvalue weighted by Gasteiger charge is -2.25. The number of phenols is 1. The lowest BCUT2D eigenvalue weighted by molar-refractivity contribution is 0.0714. The van der Waals surface area contributed by atoms with Crippen LogP contribution in [0.4, 0.5) is 0 Å². The van der Waals surface area contributed by atoms with Crippen LogP contribution in [0.15, 0.2) is 80.4 Å². The predicted octanol–water partition coefficient (Wildman–Crippen LogP) is 5.02. The zero-order valence-corrected chi connectivity index (χ0v) is 18.6. The Morgan fingerprint density at radius 1 is 1.06 bits per heavy atom. The minimum atomic E-state index is -0.688. The summed E-state index contributed by atoms with van der Waals surface area (Å²) in [6.45, 7) is 0.289. The minimum absolute atomic E-state index is 0.0233. The summed E-state index contributed by atoms with van der Waals surface area (Å²) in [4.78, 5) is 28.7. The number of aromatic hydroxyl groups is 1. The Hall–Kier alpha value is -3.58. The highest BCUT2D eigenvalue weighted by Gasteiger charge is 2.43. The van der Waals surface area contributed by atoms with E-state index in [1.165, 1.54) is 13.2 Å². The summed E-state index contributed by atoms with van der Waals surface area (Å²) in [5.41, 5.74) is 1.94. The van der Waals surface area contributed by atoms with Gasteiger partial charge in [-0.2, -0.15) is 0 Å². The maximum atomic E-state index is 13.6. The molecule has 0 spiro atoms. The number of ether oxygens (including phenoxy) is 1. The second-order valence-corrected chi connectivity index (χ2v) is 8.48. The van der Waals surface area contributed by atoms with Crippen LogP contribution in [0.2, 0.25) is 0 Å². The van der Waals surface area contributed by atoms with Crippen LogP contribution in [0.25, 0.3) is 11.0 Å². The highest BCUT2D eigenvalue weighted by Crippen LogP contribution is 2.41. The fourth-order valence-electron chi connectivity index (χ4n) is 4.15. The van der Waals surface area contributed by atoms with Crippen LogP contribution in [0.1, 0.15) is 33.3 Å². The summed E-state index contributed by atoms with van der Waals surface area (Å²) in [7, 11) is 1.45. The van der Waals surface area contributed by atoms with E-state index in [0.29, 0.717) is 16.5 Å². The van der Waals surface area contributed by atoms with Crippen molar-refractivity contribution in [1.29, 1.82) is 0 Å². The molecule has 0 bridgehead atoms. The van der Waals surface area contributed by atoms with Gasteiger partial charge in [0.15, 0.2) is 16.9 Å². The Balaban J connectivity index is 1.75. The van der Waals surface area contributed by atoms with Crippen LogP contribution < -0.4 is 10.2 Å². The smallest absolute Gasteiger partial charge is 0.291 e. The topological polar surface area (TPSA) is 80.0 Å². The van der Waals surface area contributed by atoms with Crippen LogP contribution in [0, 0.1) is 0 Å². The Morgan fingerprint density at radius 3 is 2.59 bits per heavy atom. The van der Waals surface area contributed by atoms with Gasteiger partial charge in [0.2, 0.25) is 5.76 Å². The Kier molecular flexibility index (Phi) is 4.98. The van der Waals surface area contributed by atoms with E-state index in [0.717, 1.165) is 10.0 Å². The number of rotatable bonds is 4. The zero-order chi connectivity index (χ0) is 22.4. The van der Waals surface area contributed by atoms with E-state index in [4.69, 9.17) is 9.15 Å². The second-order valence-electron chi connectivity index (χ2n) is 7.57. The van der Waals surface area contributed by atoms with Crippen molar-refractivity contribution in [3.63, 3.8) is 0 Å². The first-order chi connectivity index (χ1) is 15.5. The van der Waals surface area contributed by atoms with Crippen LogP contribution >= 0.6 is 15.9 Å². The van der Waals surface area contributed by atoms with Gasteiger partial charge in [0.05, 0.1) is 24.1 Å². The van der Waals surface area contributed by atoms with E-state index in [1.807, 2.05) is 30.3 Å². The monoisotopic (exact) mass is 491 g/mol. The number of amides is 1.